The van der Waals surface area contributed by atoms with Gasteiger partial charge in [0.15, 0.2) is 0 Å². The van der Waals surface area contributed by atoms with Crippen molar-refractivity contribution in [1.29, 1.82) is 0 Å². The third-order valence-corrected chi connectivity index (χ3v) is 3.20. The van der Waals surface area contributed by atoms with E-state index in [1.807, 2.05) is 24.3 Å². The van der Waals surface area contributed by atoms with Crippen LogP contribution in [0.2, 0.25) is 5.02 Å². The molecule has 0 atom stereocenters. The average Bonchev–Trinajstić information content (AvgIpc) is 2.27. The van der Waals surface area contributed by atoms with E-state index in [0.29, 0.717) is 0 Å². The van der Waals surface area contributed by atoms with Crippen molar-refractivity contribution in [3.8, 4) is 0 Å². The molecular weight excluding hydrogens is 220 g/mol. The molecule has 2 nitrogen and oxygen atoms in total. The molecule has 0 aromatic heterocycles. The second-order valence-corrected chi connectivity index (χ2v) is 5.45. The number of hydrogen-bond acceptors (Lipinski definition) is 2. The van der Waals surface area contributed by atoms with Gasteiger partial charge in [-0.3, -0.25) is 0 Å². The molecule has 0 saturated heterocycles. The van der Waals surface area contributed by atoms with E-state index in [-0.39, 0.29) is 5.41 Å². The monoisotopic (exact) mass is 240 g/mol. The predicted molar refractivity (Wildman–Crippen MR) is 72.2 cm³/mol. The highest BCUT2D eigenvalue weighted by molar-refractivity contribution is 6.30. The van der Waals surface area contributed by atoms with Gasteiger partial charge in [-0.2, -0.15) is 0 Å². The minimum Gasteiger partial charge on any atom is -0.375 e. The molecular formula is C13H21ClN2. The lowest BCUT2D eigenvalue weighted by atomic mass is 9.89. The maximum atomic E-state index is 5.85. The average molecular weight is 241 g/mol. The van der Waals surface area contributed by atoms with Gasteiger partial charge in [-0.25, -0.2) is 0 Å². The van der Waals surface area contributed by atoms with Gasteiger partial charge < -0.3 is 10.6 Å². The maximum Gasteiger partial charge on any atom is 0.0407 e. The van der Waals surface area contributed by atoms with Gasteiger partial charge in [0.05, 0.1) is 0 Å². The number of rotatable bonds is 5. The van der Waals surface area contributed by atoms with Crippen molar-refractivity contribution < 1.29 is 0 Å². The summed E-state index contributed by atoms with van der Waals surface area (Å²) in [4.78, 5) is 2.23. The van der Waals surface area contributed by atoms with Crippen LogP contribution in [0.4, 0.5) is 5.69 Å². The molecule has 0 spiro atoms. The molecule has 0 aliphatic heterocycles. The van der Waals surface area contributed by atoms with Crippen LogP contribution in [-0.4, -0.2) is 20.1 Å². The van der Waals surface area contributed by atoms with Crippen LogP contribution in [0.1, 0.15) is 20.3 Å². The molecule has 1 aromatic carbocycles. The Bertz CT molecular complexity index is 319. The highest BCUT2D eigenvalue weighted by Crippen LogP contribution is 2.21. The number of nitrogens with two attached hydrogens (primary N) is 1. The standard InChI is InChI=1S/C13H21ClN2/c1-13(2,10-15)8-9-16(3)12-6-4-11(14)5-7-12/h4-7H,8-10,15H2,1-3H3. The summed E-state index contributed by atoms with van der Waals surface area (Å²) in [5.41, 5.74) is 7.12. The Balaban J connectivity index is 2.53. The molecule has 1 aromatic rings. The lowest BCUT2D eigenvalue weighted by Crippen LogP contribution is -2.29. The van der Waals surface area contributed by atoms with Crippen molar-refractivity contribution in [2.45, 2.75) is 20.3 Å². The van der Waals surface area contributed by atoms with E-state index in [9.17, 15) is 0 Å². The Morgan fingerprint density at radius 1 is 1.25 bits per heavy atom. The topological polar surface area (TPSA) is 29.3 Å². The highest BCUT2D eigenvalue weighted by Gasteiger charge is 2.16. The largest absolute Gasteiger partial charge is 0.375 e. The summed E-state index contributed by atoms with van der Waals surface area (Å²) in [6.07, 6.45) is 1.09. The Labute approximate surface area is 103 Å². The molecule has 0 amide bonds. The van der Waals surface area contributed by atoms with Gasteiger partial charge in [0, 0.05) is 24.3 Å². The molecule has 0 aliphatic rings. The van der Waals surface area contributed by atoms with E-state index < -0.39 is 0 Å². The van der Waals surface area contributed by atoms with Crippen LogP contribution in [0.5, 0.6) is 0 Å². The second kappa shape index (κ2) is 5.55. The SMILES string of the molecule is CN(CCC(C)(C)CN)c1ccc(Cl)cc1. The Morgan fingerprint density at radius 2 is 1.81 bits per heavy atom. The predicted octanol–water partition coefficient (Wildman–Crippen LogP) is 3.15. The minimum atomic E-state index is 0.209. The second-order valence-electron chi connectivity index (χ2n) is 5.02. The minimum absolute atomic E-state index is 0.209. The van der Waals surface area contributed by atoms with Gasteiger partial charge in [-0.05, 0) is 42.6 Å². The number of benzene rings is 1. The Morgan fingerprint density at radius 3 is 2.31 bits per heavy atom. The molecule has 0 aliphatic carbocycles. The van der Waals surface area contributed by atoms with Crippen molar-refractivity contribution in [1.82, 2.24) is 0 Å². The maximum absolute atomic E-state index is 5.85. The quantitative estimate of drug-likeness (QED) is 0.857. The Hall–Kier alpha value is -0.730. The van der Waals surface area contributed by atoms with Gasteiger partial charge in [0.25, 0.3) is 0 Å². The zero-order valence-corrected chi connectivity index (χ0v) is 11.1. The summed E-state index contributed by atoms with van der Waals surface area (Å²) >= 11 is 5.85. The van der Waals surface area contributed by atoms with Gasteiger partial charge in [-0.15, -0.1) is 0 Å². The summed E-state index contributed by atoms with van der Waals surface area (Å²) < 4.78 is 0. The van der Waals surface area contributed by atoms with Crippen molar-refractivity contribution in [3.63, 3.8) is 0 Å². The number of halogens is 1. The van der Waals surface area contributed by atoms with E-state index >= 15 is 0 Å². The molecule has 0 saturated carbocycles. The van der Waals surface area contributed by atoms with Gasteiger partial charge >= 0.3 is 0 Å². The van der Waals surface area contributed by atoms with Crippen LogP contribution in [0.15, 0.2) is 24.3 Å². The van der Waals surface area contributed by atoms with Crippen LogP contribution >= 0.6 is 11.6 Å². The third kappa shape index (κ3) is 4.03. The first kappa shape index (κ1) is 13.3. The summed E-state index contributed by atoms with van der Waals surface area (Å²) in [7, 11) is 2.09. The van der Waals surface area contributed by atoms with E-state index in [2.05, 4.69) is 25.8 Å². The fourth-order valence-electron chi connectivity index (χ4n) is 1.40. The smallest absolute Gasteiger partial charge is 0.0407 e. The van der Waals surface area contributed by atoms with E-state index in [1.165, 1.54) is 5.69 Å². The number of hydrogen-bond donors (Lipinski definition) is 1. The zero-order chi connectivity index (χ0) is 12.2. The zero-order valence-electron chi connectivity index (χ0n) is 10.3. The summed E-state index contributed by atoms with van der Waals surface area (Å²) in [6, 6.07) is 7.92. The molecule has 0 radical (unpaired) electrons. The molecule has 1 rings (SSSR count). The van der Waals surface area contributed by atoms with Gasteiger partial charge in [0.2, 0.25) is 0 Å². The van der Waals surface area contributed by atoms with Crippen molar-refractivity contribution in [3.05, 3.63) is 29.3 Å². The van der Waals surface area contributed by atoms with Gasteiger partial charge in [-0.1, -0.05) is 25.4 Å². The van der Waals surface area contributed by atoms with Crippen molar-refractivity contribution in [2.75, 3.05) is 25.0 Å². The fourth-order valence-corrected chi connectivity index (χ4v) is 1.52. The molecule has 3 heteroatoms. The van der Waals surface area contributed by atoms with Crippen LogP contribution < -0.4 is 10.6 Å². The highest BCUT2D eigenvalue weighted by atomic mass is 35.5. The van der Waals surface area contributed by atoms with Gasteiger partial charge in [0.1, 0.15) is 0 Å². The Kier molecular flexibility index (Phi) is 4.63. The molecule has 2 N–H and O–H groups in total. The van der Waals surface area contributed by atoms with E-state index in [0.717, 1.165) is 24.5 Å². The molecule has 16 heavy (non-hydrogen) atoms. The molecule has 0 heterocycles. The van der Waals surface area contributed by atoms with Crippen LogP contribution in [-0.2, 0) is 0 Å². The van der Waals surface area contributed by atoms with Crippen LogP contribution in [0.25, 0.3) is 0 Å². The molecule has 0 fully saturated rings. The fraction of sp³-hybridized carbons (Fsp3) is 0.538. The molecule has 0 unspecified atom stereocenters. The third-order valence-electron chi connectivity index (χ3n) is 2.94. The lowest BCUT2D eigenvalue weighted by Gasteiger charge is -2.27. The van der Waals surface area contributed by atoms with Crippen molar-refractivity contribution >= 4 is 17.3 Å². The number of anilines is 1. The first-order valence-electron chi connectivity index (χ1n) is 5.61. The van der Waals surface area contributed by atoms with Crippen LogP contribution in [0, 0.1) is 5.41 Å². The van der Waals surface area contributed by atoms with E-state index in [4.69, 9.17) is 17.3 Å². The summed E-state index contributed by atoms with van der Waals surface area (Å²) in [5.74, 6) is 0. The lowest BCUT2D eigenvalue weighted by molar-refractivity contribution is 0.351. The first-order chi connectivity index (χ1) is 7.44. The number of nitrogens with zero attached hydrogens (tertiary/aromatic N) is 1. The van der Waals surface area contributed by atoms with Crippen molar-refractivity contribution in [2.24, 2.45) is 11.1 Å². The first-order valence-corrected chi connectivity index (χ1v) is 5.99. The summed E-state index contributed by atoms with van der Waals surface area (Å²) in [5, 5.41) is 0.777. The molecule has 0 bridgehead atoms. The molecule has 90 valence electrons. The van der Waals surface area contributed by atoms with E-state index in [1.54, 1.807) is 0 Å². The summed E-state index contributed by atoms with van der Waals surface area (Å²) in [6.45, 7) is 6.12. The van der Waals surface area contributed by atoms with Crippen LogP contribution in [0.3, 0.4) is 0 Å². The normalized spacial score (nSPS) is 11.6.